The summed E-state index contributed by atoms with van der Waals surface area (Å²) in [6.45, 7) is 1.43. The zero-order valence-corrected chi connectivity index (χ0v) is 21.7. The summed E-state index contributed by atoms with van der Waals surface area (Å²) in [5, 5.41) is 15.0. The Labute approximate surface area is 224 Å². The molecular formula is C26H28ClN7O4. The average Bonchev–Trinajstić information content (AvgIpc) is 2.89. The van der Waals surface area contributed by atoms with Crippen LogP contribution in [-0.2, 0) is 9.59 Å². The summed E-state index contributed by atoms with van der Waals surface area (Å²) in [5.41, 5.74) is 2.29. The number of carbonyl (C=O) groups is 3. The highest BCUT2D eigenvalue weighted by Gasteiger charge is 2.20. The molecule has 0 radical (unpaired) electrons. The van der Waals surface area contributed by atoms with Crippen molar-refractivity contribution in [3.8, 4) is 5.75 Å². The standard InChI is InChI=1S/C26H28ClN7O4/c1-15(35)29-20-5-3-4-6-21(20)32-24-19(27)14-28-25(34-24)33-22-12-9-17(13-23(22)38-2)31-26(37)30-16-7-10-18(36)11-8-16/h3-6,9,12-14,16H,7-8,10-11H2,1-2H3,(H,29,35)(H2,30,31,37)(H2,28,32,33,34). The number of hydrogen-bond donors (Lipinski definition) is 5. The van der Waals surface area contributed by atoms with Gasteiger partial charge < -0.3 is 31.3 Å². The number of hydrogen-bond acceptors (Lipinski definition) is 8. The lowest BCUT2D eigenvalue weighted by atomic mass is 9.94. The van der Waals surface area contributed by atoms with Crippen molar-refractivity contribution < 1.29 is 19.1 Å². The van der Waals surface area contributed by atoms with Crippen LogP contribution in [0, 0.1) is 0 Å². The number of nitrogens with zero attached hydrogens (tertiary/aromatic N) is 2. The number of para-hydroxylation sites is 2. The van der Waals surface area contributed by atoms with E-state index >= 15 is 0 Å². The Hall–Kier alpha value is -4.38. The van der Waals surface area contributed by atoms with Gasteiger partial charge in [-0.25, -0.2) is 9.78 Å². The van der Waals surface area contributed by atoms with Gasteiger partial charge in [0.25, 0.3) is 0 Å². The van der Waals surface area contributed by atoms with Crippen LogP contribution < -0.4 is 31.3 Å². The van der Waals surface area contributed by atoms with Gasteiger partial charge in [-0.2, -0.15) is 4.98 Å². The number of amides is 3. The largest absolute Gasteiger partial charge is 0.494 e. The Kier molecular flexibility index (Phi) is 8.59. The van der Waals surface area contributed by atoms with Gasteiger partial charge in [0.2, 0.25) is 11.9 Å². The predicted octanol–water partition coefficient (Wildman–Crippen LogP) is 5.22. The first-order chi connectivity index (χ1) is 18.3. The van der Waals surface area contributed by atoms with Gasteiger partial charge in [0.15, 0.2) is 5.82 Å². The molecule has 11 nitrogen and oxygen atoms in total. The molecule has 1 aliphatic carbocycles. The summed E-state index contributed by atoms with van der Waals surface area (Å²) in [6, 6.07) is 11.9. The van der Waals surface area contributed by atoms with E-state index in [1.807, 2.05) is 6.07 Å². The maximum absolute atomic E-state index is 12.4. The molecule has 5 N–H and O–H groups in total. The van der Waals surface area contributed by atoms with Crippen LogP contribution in [0.1, 0.15) is 32.6 Å². The molecule has 1 saturated carbocycles. The molecule has 198 valence electrons. The van der Waals surface area contributed by atoms with E-state index in [4.69, 9.17) is 16.3 Å². The molecule has 3 amide bonds. The summed E-state index contributed by atoms with van der Waals surface area (Å²) < 4.78 is 5.49. The number of anilines is 6. The van der Waals surface area contributed by atoms with Gasteiger partial charge in [0.05, 0.1) is 30.4 Å². The van der Waals surface area contributed by atoms with Gasteiger partial charge >= 0.3 is 6.03 Å². The first kappa shape index (κ1) is 26.7. The molecule has 0 bridgehead atoms. The summed E-state index contributed by atoms with van der Waals surface area (Å²) in [4.78, 5) is 44.1. The van der Waals surface area contributed by atoms with E-state index in [0.29, 0.717) is 60.0 Å². The van der Waals surface area contributed by atoms with Crippen LogP contribution in [-0.4, -0.2) is 40.8 Å². The molecular weight excluding hydrogens is 510 g/mol. The van der Waals surface area contributed by atoms with E-state index in [1.54, 1.807) is 36.4 Å². The fourth-order valence-corrected chi connectivity index (χ4v) is 4.10. The number of benzene rings is 2. The SMILES string of the molecule is COc1cc(NC(=O)NC2CCC(=O)CC2)ccc1Nc1ncc(Cl)c(Nc2ccccc2NC(C)=O)n1. The fraction of sp³-hybridized carbons (Fsp3) is 0.269. The van der Waals surface area contributed by atoms with E-state index in [-0.39, 0.29) is 34.7 Å². The molecule has 0 unspecified atom stereocenters. The molecule has 1 aromatic heterocycles. The smallest absolute Gasteiger partial charge is 0.319 e. The van der Waals surface area contributed by atoms with E-state index in [2.05, 4.69) is 36.6 Å². The van der Waals surface area contributed by atoms with Crippen molar-refractivity contribution in [2.45, 2.75) is 38.6 Å². The molecule has 0 aliphatic heterocycles. The number of halogens is 1. The Morgan fingerprint density at radius 3 is 2.45 bits per heavy atom. The van der Waals surface area contributed by atoms with Gasteiger partial charge in [0, 0.05) is 37.6 Å². The maximum Gasteiger partial charge on any atom is 0.319 e. The van der Waals surface area contributed by atoms with Crippen LogP contribution in [0.25, 0.3) is 0 Å². The van der Waals surface area contributed by atoms with E-state index in [1.165, 1.54) is 20.2 Å². The number of aromatic nitrogens is 2. The number of urea groups is 1. The van der Waals surface area contributed by atoms with Gasteiger partial charge in [-0.05, 0) is 37.1 Å². The molecule has 0 atom stereocenters. The summed E-state index contributed by atoms with van der Waals surface area (Å²) in [5.74, 6) is 1.06. The van der Waals surface area contributed by atoms with Crippen LogP contribution in [0.15, 0.2) is 48.7 Å². The maximum atomic E-state index is 12.4. The highest BCUT2D eigenvalue weighted by Crippen LogP contribution is 2.32. The average molecular weight is 538 g/mol. The van der Waals surface area contributed by atoms with Crippen molar-refractivity contribution in [3.63, 3.8) is 0 Å². The molecule has 0 saturated heterocycles. The molecule has 1 heterocycles. The molecule has 0 spiro atoms. The van der Waals surface area contributed by atoms with Gasteiger partial charge in [-0.3, -0.25) is 9.59 Å². The Balaban J connectivity index is 1.45. The highest BCUT2D eigenvalue weighted by atomic mass is 35.5. The third-order valence-electron chi connectivity index (χ3n) is 5.82. The number of Topliss-reactive ketones (excluding diaryl/α,β-unsaturated/α-hetero) is 1. The van der Waals surface area contributed by atoms with E-state index in [9.17, 15) is 14.4 Å². The number of ether oxygens (including phenoxy) is 1. The number of methoxy groups -OCH3 is 1. The molecule has 1 aliphatic rings. The number of rotatable bonds is 8. The third kappa shape index (κ3) is 7.10. The third-order valence-corrected chi connectivity index (χ3v) is 6.10. The van der Waals surface area contributed by atoms with Crippen LogP contribution in [0.3, 0.4) is 0 Å². The number of nitrogens with one attached hydrogen (secondary N) is 5. The van der Waals surface area contributed by atoms with Crippen LogP contribution >= 0.6 is 11.6 Å². The first-order valence-corrected chi connectivity index (χ1v) is 12.4. The minimum Gasteiger partial charge on any atom is -0.494 e. The molecule has 1 fully saturated rings. The topological polar surface area (TPSA) is 146 Å². The second kappa shape index (κ2) is 12.2. The lowest BCUT2D eigenvalue weighted by molar-refractivity contribution is -0.120. The van der Waals surface area contributed by atoms with Gasteiger partial charge in [-0.1, -0.05) is 23.7 Å². The van der Waals surface area contributed by atoms with Gasteiger partial charge in [0.1, 0.15) is 16.6 Å². The van der Waals surface area contributed by atoms with Crippen LogP contribution in [0.2, 0.25) is 5.02 Å². The predicted molar refractivity (Wildman–Crippen MR) is 147 cm³/mol. The molecule has 2 aromatic carbocycles. The molecule has 12 heteroatoms. The quantitative estimate of drug-likeness (QED) is 0.263. The van der Waals surface area contributed by atoms with Crippen LogP contribution in [0.5, 0.6) is 5.75 Å². The van der Waals surface area contributed by atoms with Gasteiger partial charge in [-0.15, -0.1) is 0 Å². The minimum absolute atomic E-state index is 0.0226. The van der Waals surface area contributed by atoms with Crippen molar-refractivity contribution in [3.05, 3.63) is 53.7 Å². The summed E-state index contributed by atoms with van der Waals surface area (Å²) in [7, 11) is 1.51. The minimum atomic E-state index is -0.344. The Bertz CT molecular complexity index is 1340. The molecule has 38 heavy (non-hydrogen) atoms. The van der Waals surface area contributed by atoms with E-state index in [0.717, 1.165) is 0 Å². The second-order valence-electron chi connectivity index (χ2n) is 8.69. The van der Waals surface area contributed by atoms with Crippen LogP contribution in [0.4, 0.5) is 39.3 Å². The first-order valence-electron chi connectivity index (χ1n) is 12.0. The second-order valence-corrected chi connectivity index (χ2v) is 9.10. The van der Waals surface area contributed by atoms with Crippen molar-refractivity contribution in [2.75, 3.05) is 28.4 Å². The highest BCUT2D eigenvalue weighted by molar-refractivity contribution is 6.33. The van der Waals surface area contributed by atoms with E-state index < -0.39 is 0 Å². The Morgan fingerprint density at radius 2 is 1.74 bits per heavy atom. The van der Waals surface area contributed by atoms with Crippen molar-refractivity contribution >= 4 is 63.8 Å². The normalized spacial score (nSPS) is 13.4. The zero-order chi connectivity index (χ0) is 27.1. The lowest BCUT2D eigenvalue weighted by Gasteiger charge is -2.22. The molecule has 3 aromatic rings. The lowest BCUT2D eigenvalue weighted by Crippen LogP contribution is -2.40. The number of ketones is 1. The summed E-state index contributed by atoms with van der Waals surface area (Å²) >= 11 is 6.32. The monoisotopic (exact) mass is 537 g/mol. The van der Waals surface area contributed by atoms with Crippen molar-refractivity contribution in [1.29, 1.82) is 0 Å². The zero-order valence-electron chi connectivity index (χ0n) is 20.9. The summed E-state index contributed by atoms with van der Waals surface area (Å²) in [6.07, 6.45) is 3.73. The molecule has 4 rings (SSSR count). The Morgan fingerprint density at radius 1 is 1.00 bits per heavy atom. The van der Waals surface area contributed by atoms with Crippen molar-refractivity contribution in [2.24, 2.45) is 0 Å². The number of carbonyl (C=O) groups excluding carboxylic acids is 3. The fourth-order valence-electron chi connectivity index (χ4n) is 3.96. The van der Waals surface area contributed by atoms with Crippen molar-refractivity contribution in [1.82, 2.24) is 15.3 Å².